The highest BCUT2D eigenvalue weighted by atomic mass is 79.9. The molecule has 1 saturated heterocycles. The maximum absolute atomic E-state index is 12.5. The second kappa shape index (κ2) is 6.41. The molecule has 0 aromatic heterocycles. The number of nitrogens with zero attached hydrogens (tertiary/aromatic N) is 3. The fourth-order valence-corrected chi connectivity index (χ4v) is 4.48. The minimum atomic E-state index is -3.58. The van der Waals surface area contributed by atoms with Crippen LogP contribution in [0, 0.1) is 11.3 Å². The highest BCUT2D eigenvalue weighted by Gasteiger charge is 2.29. The Balaban J connectivity index is 2.18. The number of halogens is 2. The molecule has 1 aliphatic rings. The van der Waals surface area contributed by atoms with E-state index in [2.05, 4.69) is 22.0 Å². The van der Waals surface area contributed by atoms with Gasteiger partial charge in [-0.15, -0.1) is 0 Å². The molecule has 1 aromatic carbocycles. The van der Waals surface area contributed by atoms with Crippen LogP contribution in [0.2, 0.25) is 5.02 Å². The fourth-order valence-electron chi connectivity index (χ4n) is 2.05. The van der Waals surface area contributed by atoms with E-state index in [0.29, 0.717) is 32.7 Å². The Morgan fingerprint density at radius 3 is 2.50 bits per heavy atom. The van der Waals surface area contributed by atoms with E-state index in [1.165, 1.54) is 10.4 Å². The molecule has 0 N–H and O–H groups in total. The van der Waals surface area contributed by atoms with E-state index in [1.807, 2.05) is 4.90 Å². The summed E-state index contributed by atoms with van der Waals surface area (Å²) in [6, 6.07) is 6.80. The van der Waals surface area contributed by atoms with Crippen molar-refractivity contribution in [1.29, 1.82) is 5.26 Å². The SMILES string of the molecule is N#CCN1CCN(S(=O)(=O)c2ccc(Br)cc2Cl)CC1. The largest absolute Gasteiger partial charge is 0.288 e. The molecule has 0 radical (unpaired) electrons. The van der Waals surface area contributed by atoms with Gasteiger partial charge in [0.2, 0.25) is 10.0 Å². The normalized spacial score (nSPS) is 17.9. The first-order valence-corrected chi connectivity index (χ1v) is 8.61. The quantitative estimate of drug-likeness (QED) is 0.754. The fraction of sp³-hybridized carbons (Fsp3) is 0.417. The van der Waals surface area contributed by atoms with Gasteiger partial charge in [-0.2, -0.15) is 9.57 Å². The van der Waals surface area contributed by atoms with E-state index < -0.39 is 10.0 Å². The first-order valence-electron chi connectivity index (χ1n) is 5.99. The predicted molar refractivity (Wildman–Crippen MR) is 80.0 cm³/mol. The van der Waals surface area contributed by atoms with E-state index in [-0.39, 0.29) is 9.92 Å². The topological polar surface area (TPSA) is 64.4 Å². The maximum atomic E-state index is 12.5. The Morgan fingerprint density at radius 2 is 1.95 bits per heavy atom. The van der Waals surface area contributed by atoms with Gasteiger partial charge in [0.25, 0.3) is 0 Å². The van der Waals surface area contributed by atoms with Crippen molar-refractivity contribution in [2.75, 3.05) is 32.7 Å². The van der Waals surface area contributed by atoms with Crippen molar-refractivity contribution in [1.82, 2.24) is 9.21 Å². The standard InChI is InChI=1S/C12H13BrClN3O2S/c13-10-1-2-12(11(14)9-10)20(18,19)17-7-5-16(4-3-15)6-8-17/h1-2,9H,4-8H2. The van der Waals surface area contributed by atoms with Crippen LogP contribution in [0.3, 0.4) is 0 Å². The highest BCUT2D eigenvalue weighted by molar-refractivity contribution is 9.10. The molecule has 0 unspecified atom stereocenters. The molecule has 108 valence electrons. The van der Waals surface area contributed by atoms with Crippen molar-refractivity contribution in [3.8, 4) is 6.07 Å². The van der Waals surface area contributed by atoms with Crippen molar-refractivity contribution in [2.45, 2.75) is 4.90 Å². The van der Waals surface area contributed by atoms with Crippen LogP contribution >= 0.6 is 27.5 Å². The third kappa shape index (κ3) is 3.32. The molecule has 1 aliphatic heterocycles. The van der Waals surface area contributed by atoms with E-state index in [9.17, 15) is 8.42 Å². The third-order valence-electron chi connectivity index (χ3n) is 3.14. The second-order valence-electron chi connectivity index (χ2n) is 4.41. The summed E-state index contributed by atoms with van der Waals surface area (Å²) in [5, 5.41) is 8.85. The van der Waals surface area contributed by atoms with Gasteiger partial charge in [0.15, 0.2) is 0 Å². The van der Waals surface area contributed by atoms with Gasteiger partial charge < -0.3 is 0 Å². The Bertz CT molecular complexity index is 637. The van der Waals surface area contributed by atoms with Gasteiger partial charge in [0.1, 0.15) is 4.90 Å². The summed E-state index contributed by atoms with van der Waals surface area (Å²) in [5.41, 5.74) is 0. The average Bonchev–Trinajstić information content (AvgIpc) is 2.39. The monoisotopic (exact) mass is 377 g/mol. The van der Waals surface area contributed by atoms with E-state index >= 15 is 0 Å². The van der Waals surface area contributed by atoms with Crippen LogP contribution in [0.15, 0.2) is 27.6 Å². The molecule has 0 saturated carbocycles. The summed E-state index contributed by atoms with van der Waals surface area (Å²) in [4.78, 5) is 2.05. The van der Waals surface area contributed by atoms with E-state index in [0.717, 1.165) is 4.47 Å². The van der Waals surface area contributed by atoms with Crippen molar-refractivity contribution >= 4 is 37.6 Å². The van der Waals surface area contributed by atoms with Crippen molar-refractivity contribution in [3.05, 3.63) is 27.7 Å². The predicted octanol–water partition coefficient (Wildman–Crippen LogP) is 1.93. The van der Waals surface area contributed by atoms with Crippen LogP contribution in [0.25, 0.3) is 0 Å². The van der Waals surface area contributed by atoms with Crippen molar-refractivity contribution < 1.29 is 8.42 Å². The van der Waals surface area contributed by atoms with Crippen LogP contribution in [0.1, 0.15) is 0 Å². The molecule has 0 atom stereocenters. The number of piperazine rings is 1. The van der Waals surface area contributed by atoms with Gasteiger partial charge >= 0.3 is 0 Å². The van der Waals surface area contributed by atoms with Gasteiger partial charge in [0, 0.05) is 30.7 Å². The van der Waals surface area contributed by atoms with E-state index in [4.69, 9.17) is 16.9 Å². The Morgan fingerprint density at radius 1 is 1.30 bits per heavy atom. The van der Waals surface area contributed by atoms with Gasteiger partial charge in [-0.1, -0.05) is 27.5 Å². The molecule has 1 heterocycles. The van der Waals surface area contributed by atoms with Crippen LogP contribution in [-0.4, -0.2) is 50.3 Å². The third-order valence-corrected chi connectivity index (χ3v) is 6.01. The lowest BCUT2D eigenvalue weighted by molar-refractivity contribution is 0.206. The Hall–Kier alpha value is -0.650. The molecule has 8 heteroatoms. The summed E-state index contributed by atoms with van der Waals surface area (Å²) >= 11 is 9.28. The number of rotatable bonds is 3. The van der Waals surface area contributed by atoms with Gasteiger partial charge in [-0.25, -0.2) is 8.42 Å². The van der Waals surface area contributed by atoms with Crippen molar-refractivity contribution in [2.24, 2.45) is 0 Å². The first-order chi connectivity index (χ1) is 9.45. The number of nitriles is 1. The lowest BCUT2D eigenvalue weighted by Gasteiger charge is -2.32. The minimum Gasteiger partial charge on any atom is -0.288 e. The van der Waals surface area contributed by atoms with Crippen LogP contribution in [0.5, 0.6) is 0 Å². The molecule has 0 aliphatic carbocycles. The summed E-state index contributed by atoms with van der Waals surface area (Å²) < 4.78 is 27.2. The zero-order valence-electron chi connectivity index (χ0n) is 10.6. The second-order valence-corrected chi connectivity index (χ2v) is 7.64. The van der Waals surface area contributed by atoms with Gasteiger partial charge in [0.05, 0.1) is 17.6 Å². The number of sulfonamides is 1. The van der Waals surface area contributed by atoms with Crippen molar-refractivity contribution in [3.63, 3.8) is 0 Å². The lowest BCUT2D eigenvalue weighted by atomic mass is 10.4. The summed E-state index contributed by atoms with van der Waals surface area (Å²) in [7, 11) is -3.58. The molecule has 2 rings (SSSR count). The highest BCUT2D eigenvalue weighted by Crippen LogP contribution is 2.28. The molecule has 0 amide bonds. The zero-order chi connectivity index (χ0) is 14.8. The Kier molecular flexibility index (Phi) is 5.04. The van der Waals surface area contributed by atoms with Gasteiger partial charge in [-0.05, 0) is 18.2 Å². The molecular weight excluding hydrogens is 366 g/mol. The average molecular weight is 379 g/mol. The first kappa shape index (κ1) is 15.7. The maximum Gasteiger partial charge on any atom is 0.244 e. The van der Waals surface area contributed by atoms with Gasteiger partial charge in [-0.3, -0.25) is 4.90 Å². The molecule has 0 spiro atoms. The summed E-state index contributed by atoms with van der Waals surface area (Å²) in [6.07, 6.45) is 0. The molecule has 0 bridgehead atoms. The molecule has 20 heavy (non-hydrogen) atoms. The summed E-state index contributed by atoms with van der Waals surface area (Å²) in [6.45, 7) is 2.18. The lowest BCUT2D eigenvalue weighted by Crippen LogP contribution is -2.48. The molecular formula is C12H13BrClN3O2S. The van der Waals surface area contributed by atoms with Crippen LogP contribution in [-0.2, 0) is 10.0 Å². The van der Waals surface area contributed by atoms with Crippen LogP contribution in [0.4, 0.5) is 0 Å². The van der Waals surface area contributed by atoms with Crippen LogP contribution < -0.4 is 0 Å². The smallest absolute Gasteiger partial charge is 0.244 e. The number of benzene rings is 1. The zero-order valence-corrected chi connectivity index (χ0v) is 13.7. The summed E-state index contributed by atoms with van der Waals surface area (Å²) in [5.74, 6) is 0. The molecule has 1 fully saturated rings. The number of hydrogen-bond acceptors (Lipinski definition) is 4. The number of hydrogen-bond donors (Lipinski definition) is 0. The minimum absolute atomic E-state index is 0.121. The molecule has 1 aromatic rings. The Labute approximate surface area is 131 Å². The molecule has 5 nitrogen and oxygen atoms in total. The van der Waals surface area contributed by atoms with E-state index in [1.54, 1.807) is 12.1 Å².